The van der Waals surface area contributed by atoms with Gasteiger partial charge in [-0.1, -0.05) is 0 Å². The van der Waals surface area contributed by atoms with Crippen LogP contribution in [-0.2, 0) is 13.5 Å². The summed E-state index contributed by atoms with van der Waals surface area (Å²) in [5, 5.41) is 0. The Kier molecular flexibility index (Phi) is 2.83. The van der Waals surface area contributed by atoms with Crippen LogP contribution >= 0.6 is 0 Å². The van der Waals surface area contributed by atoms with Crippen molar-refractivity contribution in [3.63, 3.8) is 0 Å². The highest BCUT2D eigenvalue weighted by molar-refractivity contribution is 5.56. The maximum atomic E-state index is 5.63. The second-order valence-corrected chi connectivity index (χ2v) is 3.97. The average molecular weight is 219 g/mol. The maximum Gasteiger partial charge on any atom is 0.152 e. The molecule has 4 heteroatoms. The Morgan fingerprint density at radius 3 is 2.69 bits per heavy atom. The molecule has 0 fully saturated rings. The van der Waals surface area contributed by atoms with Crippen LogP contribution < -0.4 is 5.73 Å². The zero-order valence-corrected chi connectivity index (χ0v) is 9.95. The number of aromatic nitrogens is 2. The third-order valence-corrected chi connectivity index (χ3v) is 2.70. The lowest BCUT2D eigenvalue weighted by molar-refractivity contribution is 0.542. The van der Waals surface area contributed by atoms with E-state index in [0.717, 1.165) is 35.2 Å². The summed E-state index contributed by atoms with van der Waals surface area (Å²) in [6.07, 6.45) is 0.789. The van der Waals surface area contributed by atoms with E-state index < -0.39 is 0 Å². The summed E-state index contributed by atoms with van der Waals surface area (Å²) in [5.41, 5.74) is 7.58. The van der Waals surface area contributed by atoms with Gasteiger partial charge in [-0.15, -0.1) is 0 Å². The van der Waals surface area contributed by atoms with E-state index in [1.165, 1.54) is 0 Å². The molecule has 0 spiro atoms. The van der Waals surface area contributed by atoms with E-state index in [1.54, 1.807) is 0 Å². The van der Waals surface area contributed by atoms with Gasteiger partial charge in [0.2, 0.25) is 0 Å². The summed E-state index contributed by atoms with van der Waals surface area (Å²) in [6.45, 7) is 4.55. The lowest BCUT2D eigenvalue weighted by Crippen LogP contribution is -2.08. The molecule has 2 heterocycles. The van der Waals surface area contributed by atoms with Crippen molar-refractivity contribution in [1.82, 2.24) is 9.55 Å². The minimum Gasteiger partial charge on any atom is -0.460 e. The fourth-order valence-corrected chi connectivity index (χ4v) is 1.95. The van der Waals surface area contributed by atoms with E-state index in [1.807, 2.05) is 33.0 Å². The summed E-state index contributed by atoms with van der Waals surface area (Å²) < 4.78 is 7.69. The molecule has 0 atom stereocenters. The highest BCUT2D eigenvalue weighted by Gasteiger charge is 2.15. The minimum atomic E-state index is 0.612. The molecule has 0 aliphatic rings. The molecule has 16 heavy (non-hydrogen) atoms. The van der Waals surface area contributed by atoms with Crippen molar-refractivity contribution >= 4 is 0 Å². The first-order valence-electron chi connectivity index (χ1n) is 5.42. The average Bonchev–Trinajstić information content (AvgIpc) is 2.74. The van der Waals surface area contributed by atoms with Gasteiger partial charge in [0.1, 0.15) is 17.3 Å². The third-order valence-electron chi connectivity index (χ3n) is 2.70. The summed E-state index contributed by atoms with van der Waals surface area (Å²) in [4.78, 5) is 4.51. The molecular formula is C12H17N3O. The first-order valence-corrected chi connectivity index (χ1v) is 5.42. The Balaban J connectivity index is 2.48. The molecule has 0 aliphatic heterocycles. The van der Waals surface area contributed by atoms with Gasteiger partial charge >= 0.3 is 0 Å². The van der Waals surface area contributed by atoms with Crippen LogP contribution in [0.25, 0.3) is 11.5 Å². The van der Waals surface area contributed by atoms with E-state index in [-0.39, 0.29) is 0 Å². The van der Waals surface area contributed by atoms with Crippen molar-refractivity contribution < 1.29 is 4.42 Å². The lowest BCUT2D eigenvalue weighted by atomic mass is 10.3. The normalized spacial score (nSPS) is 11.0. The van der Waals surface area contributed by atoms with Crippen LogP contribution in [-0.4, -0.2) is 16.1 Å². The van der Waals surface area contributed by atoms with Crippen molar-refractivity contribution in [2.45, 2.75) is 20.3 Å². The van der Waals surface area contributed by atoms with Crippen LogP contribution in [0.1, 0.15) is 17.3 Å². The van der Waals surface area contributed by atoms with Gasteiger partial charge in [0, 0.05) is 13.5 Å². The van der Waals surface area contributed by atoms with Crippen molar-refractivity contribution in [3.8, 4) is 11.5 Å². The molecule has 0 aliphatic carbocycles. The van der Waals surface area contributed by atoms with Crippen LogP contribution in [0.4, 0.5) is 0 Å². The third kappa shape index (κ3) is 1.76. The van der Waals surface area contributed by atoms with Gasteiger partial charge in [0.05, 0.1) is 5.69 Å². The quantitative estimate of drug-likeness (QED) is 0.856. The number of imidazole rings is 1. The van der Waals surface area contributed by atoms with Crippen molar-refractivity contribution in [2.75, 3.05) is 6.54 Å². The largest absolute Gasteiger partial charge is 0.460 e. The summed E-state index contributed by atoms with van der Waals surface area (Å²) in [7, 11) is 2.00. The fourth-order valence-electron chi connectivity index (χ4n) is 1.95. The topological polar surface area (TPSA) is 57.0 Å². The number of nitrogens with two attached hydrogens (primary N) is 1. The van der Waals surface area contributed by atoms with E-state index >= 15 is 0 Å². The lowest BCUT2D eigenvalue weighted by Gasteiger charge is -2.03. The van der Waals surface area contributed by atoms with Gasteiger partial charge in [-0.2, -0.15) is 0 Å². The molecule has 2 N–H and O–H groups in total. The molecule has 2 aromatic rings. The van der Waals surface area contributed by atoms with Gasteiger partial charge in [0.25, 0.3) is 0 Å². The van der Waals surface area contributed by atoms with Gasteiger partial charge < -0.3 is 14.7 Å². The molecule has 0 aromatic carbocycles. The van der Waals surface area contributed by atoms with Crippen molar-refractivity contribution in [2.24, 2.45) is 12.8 Å². The summed E-state index contributed by atoms with van der Waals surface area (Å²) in [6, 6.07) is 3.94. The molecule has 2 aromatic heterocycles. The number of hydrogen-bond acceptors (Lipinski definition) is 3. The Morgan fingerprint density at radius 2 is 2.12 bits per heavy atom. The zero-order chi connectivity index (χ0) is 11.7. The Hall–Kier alpha value is -1.55. The maximum absolute atomic E-state index is 5.63. The van der Waals surface area contributed by atoms with E-state index in [9.17, 15) is 0 Å². The van der Waals surface area contributed by atoms with Crippen LogP contribution in [0.2, 0.25) is 0 Å². The molecule has 0 unspecified atom stereocenters. The molecule has 4 nitrogen and oxygen atoms in total. The number of nitrogens with zero attached hydrogens (tertiary/aromatic N) is 2. The molecule has 0 amide bonds. The molecule has 0 saturated carbocycles. The highest BCUT2D eigenvalue weighted by atomic mass is 16.3. The molecule has 0 radical (unpaired) electrons. The molecule has 2 rings (SSSR count). The van der Waals surface area contributed by atoms with Gasteiger partial charge in [-0.25, -0.2) is 4.98 Å². The predicted octanol–water partition coefficient (Wildman–Crippen LogP) is 1.80. The monoisotopic (exact) mass is 219 g/mol. The number of hydrogen-bond donors (Lipinski definition) is 1. The minimum absolute atomic E-state index is 0.612. The molecular weight excluding hydrogens is 202 g/mol. The fraction of sp³-hybridized carbons (Fsp3) is 0.417. The first-order chi connectivity index (χ1) is 7.63. The van der Waals surface area contributed by atoms with Gasteiger partial charge in [-0.3, -0.25) is 0 Å². The predicted molar refractivity (Wildman–Crippen MR) is 63.1 cm³/mol. The Bertz CT molecular complexity index is 496. The molecule has 0 saturated heterocycles. The van der Waals surface area contributed by atoms with Crippen LogP contribution in [0.15, 0.2) is 16.5 Å². The second kappa shape index (κ2) is 4.14. The smallest absolute Gasteiger partial charge is 0.152 e. The zero-order valence-electron chi connectivity index (χ0n) is 9.95. The standard InChI is InChI=1S/C12H17N3O/c1-8-4-5-10(16-8)12-9(2)14-11(6-7-13)15(12)3/h4-5H,6-7,13H2,1-3H3. The van der Waals surface area contributed by atoms with Crippen LogP contribution in [0, 0.1) is 13.8 Å². The van der Waals surface area contributed by atoms with E-state index in [2.05, 4.69) is 9.55 Å². The van der Waals surface area contributed by atoms with Gasteiger partial charge in [0.15, 0.2) is 5.76 Å². The first kappa shape index (κ1) is 11.0. The van der Waals surface area contributed by atoms with Crippen LogP contribution in [0.5, 0.6) is 0 Å². The number of rotatable bonds is 3. The van der Waals surface area contributed by atoms with Crippen molar-refractivity contribution in [1.29, 1.82) is 0 Å². The van der Waals surface area contributed by atoms with Crippen molar-refractivity contribution in [3.05, 3.63) is 29.4 Å². The highest BCUT2D eigenvalue weighted by Crippen LogP contribution is 2.25. The summed E-state index contributed by atoms with van der Waals surface area (Å²) in [5.74, 6) is 2.79. The van der Waals surface area contributed by atoms with Crippen LogP contribution in [0.3, 0.4) is 0 Å². The second-order valence-electron chi connectivity index (χ2n) is 3.97. The molecule has 0 bridgehead atoms. The van der Waals surface area contributed by atoms with E-state index in [0.29, 0.717) is 6.54 Å². The van der Waals surface area contributed by atoms with Gasteiger partial charge in [-0.05, 0) is 32.5 Å². The van der Waals surface area contributed by atoms with E-state index in [4.69, 9.17) is 10.2 Å². The number of aryl methyl sites for hydroxylation is 2. The summed E-state index contributed by atoms with van der Waals surface area (Å²) >= 11 is 0. The Labute approximate surface area is 95.1 Å². The SMILES string of the molecule is Cc1ccc(-c2c(C)nc(CCN)n2C)o1. The number of furan rings is 1. The molecule has 86 valence electrons. The Morgan fingerprint density at radius 1 is 1.38 bits per heavy atom.